The van der Waals surface area contributed by atoms with Crippen LogP contribution < -0.4 is 9.64 Å². The second-order valence-electron chi connectivity index (χ2n) is 11.0. The highest BCUT2D eigenvalue weighted by Gasteiger charge is 2.43. The van der Waals surface area contributed by atoms with Crippen molar-refractivity contribution >= 4 is 35.3 Å². The summed E-state index contributed by atoms with van der Waals surface area (Å²) >= 11 is 6.72. The number of carbonyl (C=O) groups is 3. The standard InChI is InChI=1S/C27H30ClFN4O6/c1-14-8-9-18(35)33(14)24-20-23(21(28)22(30-24)19-16(29)6-5-7-17(19)34)38-13-15-12-31(10-11-32(15)25(20)36)26(37)39-27(2,3)4/h5-7,14-15,34H,8-13H2,1-4H3/t14?,15-/m1/s1. The number of nitrogens with zero attached hydrogens (tertiary/aromatic N) is 4. The highest BCUT2D eigenvalue weighted by Crippen LogP contribution is 2.47. The highest BCUT2D eigenvalue weighted by molar-refractivity contribution is 6.35. The molecule has 1 N–H and O–H groups in total. The second kappa shape index (κ2) is 9.86. The van der Waals surface area contributed by atoms with Gasteiger partial charge >= 0.3 is 6.09 Å². The van der Waals surface area contributed by atoms with E-state index in [9.17, 15) is 23.9 Å². The number of pyridine rings is 1. The zero-order chi connectivity index (χ0) is 28.2. The Morgan fingerprint density at radius 3 is 2.62 bits per heavy atom. The zero-order valence-corrected chi connectivity index (χ0v) is 22.9. The van der Waals surface area contributed by atoms with Crippen molar-refractivity contribution in [2.24, 2.45) is 0 Å². The van der Waals surface area contributed by atoms with Crippen LogP contribution in [0.4, 0.5) is 15.0 Å². The van der Waals surface area contributed by atoms with E-state index >= 15 is 0 Å². The van der Waals surface area contributed by atoms with Crippen LogP contribution in [0.1, 0.15) is 50.9 Å². The van der Waals surface area contributed by atoms with E-state index in [2.05, 4.69) is 4.98 Å². The van der Waals surface area contributed by atoms with Crippen molar-refractivity contribution in [1.82, 2.24) is 14.8 Å². The lowest BCUT2D eigenvalue weighted by molar-refractivity contribution is -0.117. The van der Waals surface area contributed by atoms with Crippen LogP contribution in [0.3, 0.4) is 0 Å². The van der Waals surface area contributed by atoms with Gasteiger partial charge in [0.05, 0.1) is 11.6 Å². The Bertz CT molecular complexity index is 1340. The molecule has 0 saturated carbocycles. The number of piperazine rings is 1. The Morgan fingerprint density at radius 1 is 1.23 bits per heavy atom. The number of phenolic OH excluding ortho intramolecular Hbond substituents is 1. The van der Waals surface area contributed by atoms with Gasteiger partial charge in [-0.1, -0.05) is 17.7 Å². The van der Waals surface area contributed by atoms with Gasteiger partial charge in [-0.3, -0.25) is 14.5 Å². The molecule has 3 aliphatic rings. The molecule has 208 valence electrons. The number of benzene rings is 1. The van der Waals surface area contributed by atoms with Crippen LogP contribution in [0.25, 0.3) is 11.3 Å². The minimum Gasteiger partial charge on any atom is -0.507 e. The molecule has 1 unspecified atom stereocenters. The van der Waals surface area contributed by atoms with Crippen LogP contribution in [0.2, 0.25) is 5.02 Å². The fraction of sp³-hybridized carbons (Fsp3) is 0.481. The van der Waals surface area contributed by atoms with Crippen molar-refractivity contribution in [2.45, 2.75) is 58.2 Å². The summed E-state index contributed by atoms with van der Waals surface area (Å²) in [7, 11) is 0. The topological polar surface area (TPSA) is 113 Å². The minimum absolute atomic E-state index is 0.00211. The average molecular weight is 561 g/mol. The Hall–Kier alpha value is -3.60. The van der Waals surface area contributed by atoms with Crippen LogP contribution in [0.5, 0.6) is 11.5 Å². The molecule has 5 rings (SSSR count). The molecule has 0 spiro atoms. The largest absolute Gasteiger partial charge is 0.507 e. The van der Waals surface area contributed by atoms with E-state index in [1.807, 2.05) is 6.92 Å². The Kier molecular flexibility index (Phi) is 6.82. The third-order valence-electron chi connectivity index (χ3n) is 7.05. The molecule has 2 saturated heterocycles. The molecule has 12 heteroatoms. The number of hydrogen-bond acceptors (Lipinski definition) is 7. The number of rotatable bonds is 2. The van der Waals surface area contributed by atoms with E-state index in [-0.39, 0.29) is 78.0 Å². The third-order valence-corrected chi connectivity index (χ3v) is 7.40. The summed E-state index contributed by atoms with van der Waals surface area (Å²) in [6, 6.07) is 2.97. The molecule has 3 amide bonds. The molecule has 2 atom stereocenters. The number of carbonyl (C=O) groups excluding carboxylic acids is 3. The first kappa shape index (κ1) is 27.0. The molecule has 3 aliphatic heterocycles. The van der Waals surface area contributed by atoms with Crippen molar-refractivity contribution in [3.05, 3.63) is 34.6 Å². The van der Waals surface area contributed by atoms with Gasteiger partial charge in [0.2, 0.25) is 5.91 Å². The van der Waals surface area contributed by atoms with Crippen molar-refractivity contribution in [2.75, 3.05) is 31.1 Å². The number of phenols is 1. The fourth-order valence-corrected chi connectivity index (χ4v) is 5.47. The molecule has 2 fully saturated rings. The summed E-state index contributed by atoms with van der Waals surface area (Å²) in [5.74, 6) is -1.93. The maximum atomic E-state index is 14.9. The molecule has 4 heterocycles. The number of aromatic nitrogens is 1. The van der Waals surface area contributed by atoms with E-state index < -0.39 is 35.2 Å². The van der Waals surface area contributed by atoms with E-state index in [1.54, 1.807) is 25.7 Å². The summed E-state index contributed by atoms with van der Waals surface area (Å²) < 4.78 is 26.5. The van der Waals surface area contributed by atoms with Gasteiger partial charge in [0.1, 0.15) is 40.1 Å². The van der Waals surface area contributed by atoms with Gasteiger partial charge in [-0.15, -0.1) is 0 Å². The molecule has 1 aromatic heterocycles. The van der Waals surface area contributed by atoms with Gasteiger partial charge in [-0.25, -0.2) is 14.2 Å². The van der Waals surface area contributed by atoms with Crippen LogP contribution in [0, 0.1) is 5.82 Å². The normalized spacial score (nSPS) is 21.3. The molecule has 39 heavy (non-hydrogen) atoms. The van der Waals surface area contributed by atoms with Crippen LogP contribution in [0.15, 0.2) is 18.2 Å². The molecular formula is C27H30ClFN4O6. The molecule has 10 nitrogen and oxygen atoms in total. The lowest BCUT2D eigenvalue weighted by Crippen LogP contribution is -2.58. The van der Waals surface area contributed by atoms with Crippen LogP contribution in [-0.4, -0.2) is 81.7 Å². The van der Waals surface area contributed by atoms with E-state index in [0.717, 1.165) is 6.07 Å². The predicted molar refractivity (Wildman–Crippen MR) is 141 cm³/mol. The van der Waals surface area contributed by atoms with Gasteiger partial charge < -0.3 is 24.4 Å². The summed E-state index contributed by atoms with van der Waals surface area (Å²) in [5.41, 5.74) is -1.09. The first-order valence-electron chi connectivity index (χ1n) is 12.8. The number of fused-ring (bicyclic) bond motifs is 2. The maximum Gasteiger partial charge on any atom is 0.410 e. The van der Waals surface area contributed by atoms with E-state index in [1.165, 1.54) is 21.9 Å². The number of ether oxygens (including phenoxy) is 2. The number of halogens is 2. The van der Waals surface area contributed by atoms with Crippen molar-refractivity contribution in [3.8, 4) is 22.8 Å². The van der Waals surface area contributed by atoms with Crippen LogP contribution in [-0.2, 0) is 9.53 Å². The van der Waals surface area contributed by atoms with E-state index in [0.29, 0.717) is 6.42 Å². The van der Waals surface area contributed by atoms with Crippen molar-refractivity contribution in [1.29, 1.82) is 0 Å². The Balaban J connectivity index is 1.61. The van der Waals surface area contributed by atoms with Gasteiger partial charge in [-0.2, -0.15) is 0 Å². The molecule has 0 bridgehead atoms. The smallest absolute Gasteiger partial charge is 0.410 e. The third kappa shape index (κ3) is 4.84. The summed E-state index contributed by atoms with van der Waals surface area (Å²) in [6.45, 7) is 7.74. The molecule has 1 aromatic carbocycles. The lowest BCUT2D eigenvalue weighted by Gasteiger charge is -2.40. The van der Waals surface area contributed by atoms with Crippen molar-refractivity contribution < 1.29 is 33.4 Å². The quantitative estimate of drug-likeness (QED) is 0.585. The van der Waals surface area contributed by atoms with Gasteiger partial charge in [0.15, 0.2) is 11.6 Å². The average Bonchev–Trinajstić information content (AvgIpc) is 3.11. The number of anilines is 1. The van der Waals surface area contributed by atoms with Gasteiger partial charge in [0, 0.05) is 32.1 Å². The second-order valence-corrected chi connectivity index (χ2v) is 11.4. The molecule has 0 aliphatic carbocycles. The maximum absolute atomic E-state index is 14.9. The number of aromatic hydroxyl groups is 1. The first-order valence-corrected chi connectivity index (χ1v) is 13.2. The first-order chi connectivity index (χ1) is 18.4. The molecule has 0 radical (unpaired) electrons. The predicted octanol–water partition coefficient (Wildman–Crippen LogP) is 4.22. The SMILES string of the molecule is CC1CCC(=O)N1c1nc(-c2c(O)cccc2F)c(Cl)c2c1C(=O)N1CCN(C(=O)OC(C)(C)C)C[C@@H]1CO2. The zero-order valence-electron chi connectivity index (χ0n) is 22.2. The van der Waals surface area contributed by atoms with E-state index in [4.69, 9.17) is 21.1 Å². The van der Waals surface area contributed by atoms with Crippen molar-refractivity contribution in [3.63, 3.8) is 0 Å². The highest BCUT2D eigenvalue weighted by atomic mass is 35.5. The summed E-state index contributed by atoms with van der Waals surface area (Å²) in [6.07, 6.45) is 0.308. The van der Waals surface area contributed by atoms with Crippen LogP contribution >= 0.6 is 11.6 Å². The Labute approximate surface area is 230 Å². The number of hydrogen-bond donors (Lipinski definition) is 1. The minimum atomic E-state index is -0.776. The fourth-order valence-electron chi connectivity index (χ4n) is 5.18. The van der Waals surface area contributed by atoms with Gasteiger partial charge in [-0.05, 0) is 46.2 Å². The summed E-state index contributed by atoms with van der Waals surface area (Å²) in [5, 5.41) is 10.3. The molecule has 2 aromatic rings. The number of amides is 3. The Morgan fingerprint density at radius 2 is 1.97 bits per heavy atom. The lowest BCUT2D eigenvalue weighted by atomic mass is 10.0. The van der Waals surface area contributed by atoms with Gasteiger partial charge in [0.25, 0.3) is 5.91 Å². The summed E-state index contributed by atoms with van der Waals surface area (Å²) in [4.78, 5) is 48.8. The monoisotopic (exact) mass is 560 g/mol. The molecular weight excluding hydrogens is 531 g/mol.